The zero-order valence-corrected chi connectivity index (χ0v) is 11.4. The molecule has 0 heterocycles. The average Bonchev–Trinajstić information content (AvgIpc) is 2.37. The molecule has 1 rings (SSSR count). The largest absolute Gasteiger partial charge is 0.416 e. The van der Waals surface area contributed by atoms with Gasteiger partial charge in [-0.2, -0.15) is 13.2 Å². The van der Waals surface area contributed by atoms with Crippen LogP contribution in [-0.2, 0) is 6.18 Å². The fourth-order valence-electron chi connectivity index (χ4n) is 1.94. The summed E-state index contributed by atoms with van der Waals surface area (Å²) in [6.45, 7) is 2.06. The molecule has 0 aliphatic carbocycles. The van der Waals surface area contributed by atoms with E-state index in [4.69, 9.17) is 0 Å². The zero-order chi connectivity index (χ0) is 15.2. The molecule has 0 aromatic heterocycles. The molecule has 5 heteroatoms. The molecule has 1 aromatic rings. The van der Waals surface area contributed by atoms with Crippen molar-refractivity contribution in [2.75, 3.05) is 0 Å². The first-order valence-corrected chi connectivity index (χ1v) is 6.76. The van der Waals surface area contributed by atoms with Gasteiger partial charge >= 0.3 is 6.18 Å². The highest BCUT2D eigenvalue weighted by Gasteiger charge is 2.31. The van der Waals surface area contributed by atoms with Crippen molar-refractivity contribution >= 4 is 5.78 Å². The van der Waals surface area contributed by atoms with E-state index < -0.39 is 28.9 Å². The molecular formula is C15H18F4O. The maximum atomic E-state index is 13.4. The number of carbonyl (C=O) groups is 1. The van der Waals surface area contributed by atoms with Crippen LogP contribution in [0.1, 0.15) is 61.4 Å². The Hall–Kier alpha value is -1.39. The van der Waals surface area contributed by atoms with Crippen LogP contribution in [0.2, 0.25) is 0 Å². The van der Waals surface area contributed by atoms with Gasteiger partial charge in [-0.25, -0.2) is 4.39 Å². The highest BCUT2D eigenvalue weighted by atomic mass is 19.4. The normalized spacial score (nSPS) is 11.7. The number of unbranched alkanes of at least 4 members (excludes halogenated alkanes) is 4. The standard InChI is InChI=1S/C15H18F4O/c1-2-3-4-5-6-7-14(20)12-10-11(15(17,18)19)8-9-13(12)16/h8-10H,2-7H2,1H3. The number of Topliss-reactive ketones (excluding diaryl/α,β-unsaturated/α-hetero) is 1. The van der Waals surface area contributed by atoms with Gasteiger partial charge in [-0.05, 0) is 24.6 Å². The van der Waals surface area contributed by atoms with Crippen LogP contribution in [0.5, 0.6) is 0 Å². The lowest BCUT2D eigenvalue weighted by Gasteiger charge is -2.09. The first-order chi connectivity index (χ1) is 9.36. The molecule has 0 saturated heterocycles. The molecule has 0 radical (unpaired) electrons. The highest BCUT2D eigenvalue weighted by molar-refractivity contribution is 5.96. The van der Waals surface area contributed by atoms with Gasteiger partial charge in [-0.1, -0.05) is 32.6 Å². The Morgan fingerprint density at radius 2 is 1.75 bits per heavy atom. The maximum absolute atomic E-state index is 13.4. The molecule has 1 nitrogen and oxygen atoms in total. The molecule has 0 atom stereocenters. The van der Waals surface area contributed by atoms with Gasteiger partial charge in [0.1, 0.15) is 5.82 Å². The topological polar surface area (TPSA) is 17.1 Å². The number of rotatable bonds is 7. The summed E-state index contributed by atoms with van der Waals surface area (Å²) >= 11 is 0. The number of hydrogen-bond acceptors (Lipinski definition) is 1. The fourth-order valence-corrected chi connectivity index (χ4v) is 1.94. The quantitative estimate of drug-likeness (QED) is 0.374. The number of ketones is 1. The van der Waals surface area contributed by atoms with E-state index in [0.29, 0.717) is 24.6 Å². The Bertz CT molecular complexity index is 452. The minimum atomic E-state index is -4.57. The van der Waals surface area contributed by atoms with Gasteiger partial charge in [0.2, 0.25) is 0 Å². The van der Waals surface area contributed by atoms with E-state index in [1.807, 2.05) is 0 Å². The van der Waals surface area contributed by atoms with Gasteiger partial charge in [0, 0.05) is 6.42 Å². The van der Waals surface area contributed by atoms with E-state index in [2.05, 4.69) is 6.92 Å². The molecule has 0 fully saturated rings. The molecule has 0 amide bonds. The van der Waals surface area contributed by atoms with Crippen LogP contribution in [-0.4, -0.2) is 5.78 Å². The molecule has 0 bridgehead atoms. The van der Waals surface area contributed by atoms with Crippen LogP contribution in [0.4, 0.5) is 17.6 Å². The number of benzene rings is 1. The van der Waals surface area contributed by atoms with Crippen LogP contribution in [0.15, 0.2) is 18.2 Å². The Labute approximate surface area is 116 Å². The van der Waals surface area contributed by atoms with Gasteiger partial charge < -0.3 is 0 Å². The van der Waals surface area contributed by atoms with Crippen molar-refractivity contribution in [3.05, 3.63) is 35.1 Å². The van der Waals surface area contributed by atoms with E-state index in [1.54, 1.807) is 0 Å². The molecule has 112 valence electrons. The first kappa shape index (κ1) is 16.7. The van der Waals surface area contributed by atoms with Crippen LogP contribution >= 0.6 is 0 Å². The molecule has 0 aliphatic heterocycles. The van der Waals surface area contributed by atoms with Crippen LogP contribution in [0, 0.1) is 5.82 Å². The Morgan fingerprint density at radius 3 is 2.35 bits per heavy atom. The smallest absolute Gasteiger partial charge is 0.294 e. The average molecular weight is 290 g/mol. The highest BCUT2D eigenvalue weighted by Crippen LogP contribution is 2.30. The van der Waals surface area contributed by atoms with E-state index in [-0.39, 0.29) is 6.42 Å². The van der Waals surface area contributed by atoms with Crippen LogP contribution < -0.4 is 0 Å². The second-order valence-corrected chi connectivity index (χ2v) is 4.78. The predicted octanol–water partition coefficient (Wildman–Crippen LogP) is 5.39. The molecule has 20 heavy (non-hydrogen) atoms. The van der Waals surface area contributed by atoms with Crippen molar-refractivity contribution in [2.45, 2.75) is 51.6 Å². The van der Waals surface area contributed by atoms with Crippen molar-refractivity contribution in [3.63, 3.8) is 0 Å². The van der Waals surface area contributed by atoms with E-state index in [9.17, 15) is 22.4 Å². The van der Waals surface area contributed by atoms with Crippen molar-refractivity contribution in [1.29, 1.82) is 0 Å². The van der Waals surface area contributed by atoms with Crippen molar-refractivity contribution in [2.24, 2.45) is 0 Å². The maximum Gasteiger partial charge on any atom is 0.416 e. The Balaban J connectivity index is 2.67. The van der Waals surface area contributed by atoms with Crippen LogP contribution in [0.25, 0.3) is 0 Å². The summed E-state index contributed by atoms with van der Waals surface area (Å²) in [5, 5.41) is 0. The first-order valence-electron chi connectivity index (χ1n) is 6.76. The summed E-state index contributed by atoms with van der Waals surface area (Å²) in [5.74, 6) is -1.46. The lowest BCUT2D eigenvalue weighted by atomic mass is 10.0. The monoisotopic (exact) mass is 290 g/mol. The molecule has 0 N–H and O–H groups in total. The minimum absolute atomic E-state index is 0.0853. The number of hydrogen-bond donors (Lipinski definition) is 0. The third kappa shape index (κ3) is 4.94. The third-order valence-electron chi connectivity index (χ3n) is 3.10. The third-order valence-corrected chi connectivity index (χ3v) is 3.10. The van der Waals surface area contributed by atoms with Gasteiger partial charge in [0.05, 0.1) is 11.1 Å². The second kappa shape index (κ2) is 7.41. The molecule has 1 aromatic carbocycles. The molecular weight excluding hydrogens is 272 g/mol. The van der Waals surface area contributed by atoms with Gasteiger partial charge in [0.15, 0.2) is 5.78 Å². The summed E-state index contributed by atoms with van der Waals surface area (Å²) in [4.78, 5) is 11.8. The Kier molecular flexibility index (Phi) is 6.17. The summed E-state index contributed by atoms with van der Waals surface area (Å²) in [5.41, 5.74) is -1.46. The molecule has 0 saturated carbocycles. The minimum Gasteiger partial charge on any atom is -0.294 e. The number of halogens is 4. The number of alkyl halides is 3. The summed E-state index contributed by atoms with van der Waals surface area (Å²) < 4.78 is 51.0. The number of carbonyl (C=O) groups excluding carboxylic acids is 1. The lowest BCUT2D eigenvalue weighted by Crippen LogP contribution is -2.09. The summed E-state index contributed by atoms with van der Waals surface area (Å²) in [6.07, 6.45) is 0.0393. The summed E-state index contributed by atoms with van der Waals surface area (Å²) in [6, 6.07) is 1.95. The van der Waals surface area contributed by atoms with Gasteiger partial charge in [-0.15, -0.1) is 0 Å². The van der Waals surface area contributed by atoms with E-state index >= 15 is 0 Å². The molecule has 0 aliphatic rings. The predicted molar refractivity (Wildman–Crippen MR) is 69.1 cm³/mol. The zero-order valence-electron chi connectivity index (χ0n) is 11.4. The van der Waals surface area contributed by atoms with Gasteiger partial charge in [-0.3, -0.25) is 4.79 Å². The summed E-state index contributed by atoms with van der Waals surface area (Å²) in [7, 11) is 0. The Morgan fingerprint density at radius 1 is 1.10 bits per heavy atom. The van der Waals surface area contributed by atoms with Gasteiger partial charge in [0.25, 0.3) is 0 Å². The van der Waals surface area contributed by atoms with Crippen molar-refractivity contribution in [1.82, 2.24) is 0 Å². The van der Waals surface area contributed by atoms with Crippen molar-refractivity contribution in [3.8, 4) is 0 Å². The van der Waals surface area contributed by atoms with E-state index in [1.165, 1.54) is 0 Å². The van der Waals surface area contributed by atoms with Crippen LogP contribution in [0.3, 0.4) is 0 Å². The fraction of sp³-hybridized carbons (Fsp3) is 0.533. The van der Waals surface area contributed by atoms with E-state index in [0.717, 1.165) is 25.7 Å². The molecule has 0 spiro atoms. The van der Waals surface area contributed by atoms with Crippen molar-refractivity contribution < 1.29 is 22.4 Å². The second-order valence-electron chi connectivity index (χ2n) is 4.78. The molecule has 0 unspecified atom stereocenters. The lowest BCUT2D eigenvalue weighted by molar-refractivity contribution is -0.137. The SMILES string of the molecule is CCCCCCCC(=O)c1cc(C(F)(F)F)ccc1F.